The van der Waals surface area contributed by atoms with E-state index in [1.54, 1.807) is 6.20 Å². The first-order chi connectivity index (χ1) is 9.30. The van der Waals surface area contributed by atoms with Crippen molar-refractivity contribution in [3.8, 4) is 0 Å². The van der Waals surface area contributed by atoms with Gasteiger partial charge in [-0.25, -0.2) is 4.98 Å². The van der Waals surface area contributed by atoms with Gasteiger partial charge < -0.3 is 5.32 Å². The maximum absolute atomic E-state index is 12.9. The molecule has 0 unspecified atom stereocenters. The maximum atomic E-state index is 12.9. The Hall–Kier alpha value is 0.540. The van der Waals surface area contributed by atoms with Crippen LogP contribution in [0, 0.1) is 16.2 Å². The number of hydrogen-bond acceptors (Lipinski definition) is 3. The van der Waals surface area contributed by atoms with Crippen LogP contribution in [0.5, 0.6) is 0 Å². The molecule has 0 spiro atoms. The Morgan fingerprint density at radius 3 is 2.65 bits per heavy atom. The van der Waals surface area contributed by atoms with Crippen LogP contribution in [0.1, 0.15) is 26.7 Å². The van der Waals surface area contributed by atoms with Crippen LogP contribution in [0.2, 0.25) is 0 Å². The van der Waals surface area contributed by atoms with Crippen molar-refractivity contribution < 1.29 is 4.79 Å². The second-order valence-electron chi connectivity index (χ2n) is 6.09. The lowest BCUT2D eigenvalue weighted by Crippen LogP contribution is -2.71. The molecule has 3 saturated carbocycles. The van der Waals surface area contributed by atoms with Gasteiger partial charge in [0.05, 0.1) is 9.15 Å². The highest BCUT2D eigenvalue weighted by molar-refractivity contribution is 9.24. The van der Waals surface area contributed by atoms with Gasteiger partial charge in [-0.1, -0.05) is 61.6 Å². The van der Waals surface area contributed by atoms with Crippen LogP contribution in [0.15, 0.2) is 11.6 Å². The van der Waals surface area contributed by atoms with Gasteiger partial charge in [0.2, 0.25) is 5.91 Å². The van der Waals surface area contributed by atoms with E-state index in [1.807, 2.05) is 5.38 Å². The Balaban J connectivity index is 1.93. The van der Waals surface area contributed by atoms with E-state index in [9.17, 15) is 4.79 Å². The van der Waals surface area contributed by atoms with Gasteiger partial charge in [-0.05, 0) is 18.3 Å². The summed E-state index contributed by atoms with van der Waals surface area (Å²) >= 11 is 12.6. The first kappa shape index (κ1) is 15.4. The van der Waals surface area contributed by atoms with Crippen molar-refractivity contribution in [1.29, 1.82) is 0 Å². The molecule has 1 aromatic heterocycles. The predicted molar refractivity (Wildman–Crippen MR) is 93.0 cm³/mol. The number of nitrogens with zero attached hydrogens (tertiary/aromatic N) is 1. The highest BCUT2D eigenvalue weighted by Crippen LogP contribution is 2.82. The number of nitrogens with one attached hydrogen (secondary N) is 1. The number of alkyl halides is 3. The van der Waals surface area contributed by atoms with Crippen LogP contribution in [-0.4, -0.2) is 19.5 Å². The minimum Gasteiger partial charge on any atom is -0.301 e. The quantitative estimate of drug-likeness (QED) is 0.625. The average molecular weight is 487 g/mol. The molecule has 3 aliphatic rings. The number of rotatable bonds is 3. The molecule has 3 nitrogen and oxygen atoms in total. The smallest absolute Gasteiger partial charge is 0.234 e. The summed E-state index contributed by atoms with van der Waals surface area (Å²) < 4.78 is 0.199. The third-order valence-electron chi connectivity index (χ3n) is 5.54. The number of fused-ring (bicyclic) bond motifs is 1. The molecule has 3 aliphatic carbocycles. The minimum atomic E-state index is -0.363. The van der Waals surface area contributed by atoms with Crippen molar-refractivity contribution in [3.05, 3.63) is 11.6 Å². The van der Waals surface area contributed by atoms with E-state index in [2.05, 4.69) is 71.9 Å². The SMILES string of the molecule is CC1(C)[C@@]2(C(=O)Nc3nccs3)CC[C@@]1(C(Br)Br)[C@H]2Br. The number of hydrogen-bond donors (Lipinski definition) is 1. The zero-order valence-corrected chi connectivity index (χ0v) is 16.7. The Morgan fingerprint density at radius 2 is 2.20 bits per heavy atom. The Kier molecular flexibility index (Phi) is 3.68. The molecule has 0 aliphatic heterocycles. The first-order valence-electron chi connectivity index (χ1n) is 6.44. The van der Waals surface area contributed by atoms with Crippen LogP contribution in [-0.2, 0) is 4.79 Å². The van der Waals surface area contributed by atoms with E-state index in [0.717, 1.165) is 12.8 Å². The molecule has 2 bridgehead atoms. The molecular formula is C13H15Br3N2OS. The molecule has 4 rings (SSSR count). The van der Waals surface area contributed by atoms with E-state index in [1.165, 1.54) is 11.3 Å². The van der Waals surface area contributed by atoms with Crippen molar-refractivity contribution in [1.82, 2.24) is 4.98 Å². The zero-order valence-electron chi connectivity index (χ0n) is 11.1. The molecule has 0 radical (unpaired) electrons. The largest absolute Gasteiger partial charge is 0.301 e. The van der Waals surface area contributed by atoms with Gasteiger partial charge in [0.25, 0.3) is 0 Å². The number of carbonyl (C=O) groups is 1. The summed E-state index contributed by atoms with van der Waals surface area (Å²) in [5.41, 5.74) is -0.376. The molecule has 110 valence electrons. The molecule has 1 N–H and O–H groups in total. The highest BCUT2D eigenvalue weighted by Gasteiger charge is 2.83. The second-order valence-corrected chi connectivity index (χ2v) is 11.0. The van der Waals surface area contributed by atoms with E-state index >= 15 is 0 Å². The molecule has 20 heavy (non-hydrogen) atoms. The molecule has 1 amide bonds. The van der Waals surface area contributed by atoms with Gasteiger partial charge in [-0.15, -0.1) is 11.3 Å². The molecular weight excluding hydrogens is 472 g/mol. The second kappa shape index (κ2) is 4.77. The summed E-state index contributed by atoms with van der Waals surface area (Å²) in [5, 5.41) is 5.54. The van der Waals surface area contributed by atoms with Crippen molar-refractivity contribution in [2.75, 3.05) is 5.32 Å². The van der Waals surface area contributed by atoms with Gasteiger partial charge in [0.15, 0.2) is 5.13 Å². The van der Waals surface area contributed by atoms with Crippen LogP contribution in [0.4, 0.5) is 5.13 Å². The fourth-order valence-electron chi connectivity index (χ4n) is 4.19. The monoisotopic (exact) mass is 484 g/mol. The van der Waals surface area contributed by atoms with E-state index < -0.39 is 0 Å². The van der Waals surface area contributed by atoms with Crippen molar-refractivity contribution >= 4 is 70.2 Å². The fraction of sp³-hybridized carbons (Fsp3) is 0.692. The number of thiazole rings is 1. The lowest BCUT2D eigenvalue weighted by molar-refractivity contribution is -0.155. The summed E-state index contributed by atoms with van der Waals surface area (Å²) in [6, 6.07) is 0. The fourth-order valence-corrected chi connectivity index (χ4v) is 9.63. The molecule has 0 saturated heterocycles. The summed E-state index contributed by atoms with van der Waals surface area (Å²) in [6.07, 6.45) is 3.64. The Labute approximate surface area is 147 Å². The Bertz CT molecular complexity index is 548. The molecule has 1 aromatic rings. The third kappa shape index (κ3) is 1.56. The molecule has 3 atom stereocenters. The summed E-state index contributed by atoms with van der Waals surface area (Å²) in [4.78, 5) is 17.2. The zero-order chi connectivity index (χ0) is 14.8. The van der Waals surface area contributed by atoms with Crippen LogP contribution in [0.3, 0.4) is 0 Å². The Morgan fingerprint density at radius 1 is 1.50 bits per heavy atom. The topological polar surface area (TPSA) is 42.0 Å². The van der Waals surface area contributed by atoms with Crippen molar-refractivity contribution in [2.45, 2.75) is 35.3 Å². The van der Waals surface area contributed by atoms with Gasteiger partial charge in [0.1, 0.15) is 0 Å². The average Bonchev–Trinajstić information content (AvgIpc) is 3.01. The van der Waals surface area contributed by atoms with Crippen molar-refractivity contribution in [3.63, 3.8) is 0 Å². The molecule has 1 heterocycles. The third-order valence-corrected chi connectivity index (χ3v) is 9.47. The molecule has 0 aromatic carbocycles. The van der Waals surface area contributed by atoms with E-state index in [-0.39, 0.29) is 30.7 Å². The van der Waals surface area contributed by atoms with E-state index in [0.29, 0.717) is 5.13 Å². The van der Waals surface area contributed by atoms with Gasteiger partial charge in [0, 0.05) is 21.8 Å². The number of amides is 1. The number of halogens is 3. The van der Waals surface area contributed by atoms with Gasteiger partial charge in [-0.3, -0.25) is 4.79 Å². The summed E-state index contributed by atoms with van der Waals surface area (Å²) in [6.45, 7) is 4.41. The summed E-state index contributed by atoms with van der Waals surface area (Å²) in [7, 11) is 0. The number of carbonyl (C=O) groups excluding carboxylic acids is 1. The predicted octanol–water partition coefficient (Wildman–Crippen LogP) is 4.77. The molecule has 7 heteroatoms. The van der Waals surface area contributed by atoms with Crippen LogP contribution >= 0.6 is 59.1 Å². The first-order valence-corrected chi connectivity index (χ1v) is 10.1. The standard InChI is InChI=1S/C13H15Br3N2OS/c1-11(2)12(8(15)16)3-4-13(11,7(12)14)9(19)18-10-17-5-6-20-10/h5-8H,3-4H2,1-2H3,(H,17,18,19)/t7-,12+,13+/m1/s1. The van der Waals surface area contributed by atoms with E-state index in [4.69, 9.17) is 0 Å². The maximum Gasteiger partial charge on any atom is 0.234 e. The normalized spacial score (nSPS) is 37.8. The van der Waals surface area contributed by atoms with Crippen LogP contribution in [0.25, 0.3) is 0 Å². The van der Waals surface area contributed by atoms with Crippen LogP contribution < -0.4 is 5.32 Å². The lowest BCUT2D eigenvalue weighted by Gasteiger charge is -2.66. The minimum absolute atomic E-state index is 0.0627. The van der Waals surface area contributed by atoms with Crippen molar-refractivity contribution in [2.24, 2.45) is 16.2 Å². The number of aromatic nitrogens is 1. The molecule has 3 fully saturated rings. The lowest BCUT2D eigenvalue weighted by atomic mass is 9.43. The number of anilines is 1. The highest BCUT2D eigenvalue weighted by atomic mass is 79.9. The summed E-state index contributed by atoms with van der Waals surface area (Å²) in [5.74, 6) is 0.0908. The van der Waals surface area contributed by atoms with Gasteiger partial charge in [-0.2, -0.15) is 0 Å². The van der Waals surface area contributed by atoms with Gasteiger partial charge >= 0.3 is 0 Å².